The lowest BCUT2D eigenvalue weighted by Crippen LogP contribution is -2.41. The summed E-state index contributed by atoms with van der Waals surface area (Å²) in [7, 11) is -3.86. The molecule has 1 atom stereocenters. The minimum atomic E-state index is -3.86. The highest BCUT2D eigenvalue weighted by Gasteiger charge is 2.23. The summed E-state index contributed by atoms with van der Waals surface area (Å²) in [5.41, 5.74) is 1.65. The minimum absolute atomic E-state index is 0.122. The highest BCUT2D eigenvalue weighted by Crippen LogP contribution is 2.20. The molecule has 0 bridgehead atoms. The third-order valence-corrected chi connectivity index (χ3v) is 5.52. The van der Waals surface area contributed by atoms with Gasteiger partial charge >= 0.3 is 0 Å². The Labute approximate surface area is 151 Å². The van der Waals surface area contributed by atoms with E-state index in [1.807, 2.05) is 6.07 Å². The number of hydrogen-bond donors (Lipinski definition) is 2. The lowest BCUT2D eigenvalue weighted by molar-refractivity contribution is -0.117. The fourth-order valence-electron chi connectivity index (χ4n) is 2.17. The van der Waals surface area contributed by atoms with Gasteiger partial charge in [0.2, 0.25) is 15.9 Å². The number of nitrogens with one attached hydrogen (secondary N) is 2. The van der Waals surface area contributed by atoms with Gasteiger partial charge in [-0.25, -0.2) is 12.8 Å². The van der Waals surface area contributed by atoms with Gasteiger partial charge in [0.25, 0.3) is 0 Å². The predicted octanol–water partition coefficient (Wildman–Crippen LogP) is 3.40. The molecule has 0 fully saturated rings. The first-order valence-electron chi connectivity index (χ1n) is 7.45. The van der Waals surface area contributed by atoms with Crippen molar-refractivity contribution in [3.05, 3.63) is 58.4 Å². The van der Waals surface area contributed by atoms with Crippen molar-refractivity contribution in [2.45, 2.75) is 31.7 Å². The van der Waals surface area contributed by atoms with E-state index in [-0.39, 0.29) is 15.6 Å². The van der Waals surface area contributed by atoms with Gasteiger partial charge < -0.3 is 5.32 Å². The van der Waals surface area contributed by atoms with Crippen LogP contribution in [0.3, 0.4) is 0 Å². The van der Waals surface area contributed by atoms with Gasteiger partial charge in [-0.15, -0.1) is 0 Å². The maximum Gasteiger partial charge on any atom is 0.242 e. The molecule has 0 aliphatic heterocycles. The van der Waals surface area contributed by atoms with E-state index in [1.54, 1.807) is 26.0 Å². The number of benzene rings is 2. The lowest BCUT2D eigenvalue weighted by Gasteiger charge is -2.16. The summed E-state index contributed by atoms with van der Waals surface area (Å²) in [4.78, 5) is 12.3. The number of rotatable bonds is 5. The van der Waals surface area contributed by atoms with Crippen LogP contribution in [0.2, 0.25) is 5.02 Å². The fourth-order valence-corrected chi connectivity index (χ4v) is 3.88. The minimum Gasteiger partial charge on any atom is -0.325 e. The van der Waals surface area contributed by atoms with Gasteiger partial charge in [-0.2, -0.15) is 4.72 Å². The summed E-state index contributed by atoms with van der Waals surface area (Å²) < 4.78 is 40.5. The number of amides is 1. The quantitative estimate of drug-likeness (QED) is 0.829. The van der Waals surface area contributed by atoms with E-state index < -0.39 is 27.8 Å². The van der Waals surface area contributed by atoms with E-state index in [0.717, 1.165) is 11.6 Å². The molecule has 0 heterocycles. The van der Waals surface area contributed by atoms with E-state index in [0.29, 0.717) is 5.56 Å². The molecule has 134 valence electrons. The average molecular weight is 385 g/mol. The van der Waals surface area contributed by atoms with E-state index in [1.165, 1.54) is 19.1 Å². The molecule has 2 rings (SSSR count). The standard InChI is InChI=1S/C17H18ClFN2O3S/c1-10-4-5-11(2)16(8-10)25(23,24)21-12(3)17(22)20-13-6-7-15(19)14(18)9-13/h4-9,12,21H,1-3H3,(H,20,22). The molecular weight excluding hydrogens is 367 g/mol. The summed E-state index contributed by atoms with van der Waals surface area (Å²) in [6.45, 7) is 4.88. The van der Waals surface area contributed by atoms with Gasteiger partial charge in [-0.1, -0.05) is 23.7 Å². The summed E-state index contributed by atoms with van der Waals surface area (Å²) in [5, 5.41) is 2.36. The van der Waals surface area contributed by atoms with Crippen molar-refractivity contribution in [2.24, 2.45) is 0 Å². The second-order valence-corrected chi connectivity index (χ2v) is 7.82. The van der Waals surface area contributed by atoms with Crippen molar-refractivity contribution in [1.29, 1.82) is 0 Å². The van der Waals surface area contributed by atoms with Gasteiger partial charge in [-0.3, -0.25) is 4.79 Å². The number of sulfonamides is 1. The van der Waals surface area contributed by atoms with Crippen molar-refractivity contribution < 1.29 is 17.6 Å². The average Bonchev–Trinajstić information content (AvgIpc) is 2.52. The Morgan fingerprint density at radius 1 is 1.16 bits per heavy atom. The van der Waals surface area contributed by atoms with Crippen LogP contribution in [-0.2, 0) is 14.8 Å². The molecule has 0 spiro atoms. The maximum atomic E-state index is 13.1. The summed E-state index contributed by atoms with van der Waals surface area (Å²) in [6, 6.07) is 7.72. The predicted molar refractivity (Wildman–Crippen MR) is 95.7 cm³/mol. The Bertz CT molecular complexity index is 916. The second kappa shape index (κ2) is 7.51. The summed E-state index contributed by atoms with van der Waals surface area (Å²) >= 11 is 5.66. The van der Waals surface area contributed by atoms with E-state index >= 15 is 0 Å². The SMILES string of the molecule is Cc1ccc(C)c(S(=O)(=O)NC(C)C(=O)Nc2ccc(F)c(Cl)c2)c1. The zero-order chi connectivity index (χ0) is 18.8. The largest absolute Gasteiger partial charge is 0.325 e. The third-order valence-electron chi connectivity index (χ3n) is 3.55. The second-order valence-electron chi connectivity index (χ2n) is 5.73. The number of halogens is 2. The van der Waals surface area contributed by atoms with Crippen molar-refractivity contribution in [2.75, 3.05) is 5.32 Å². The summed E-state index contributed by atoms with van der Waals surface area (Å²) in [6.07, 6.45) is 0. The zero-order valence-electron chi connectivity index (χ0n) is 13.9. The number of aryl methyl sites for hydroxylation is 2. The molecule has 0 saturated carbocycles. The van der Waals surface area contributed by atoms with Crippen LogP contribution >= 0.6 is 11.6 Å². The van der Waals surface area contributed by atoms with Crippen LogP contribution in [-0.4, -0.2) is 20.4 Å². The smallest absolute Gasteiger partial charge is 0.242 e. The topological polar surface area (TPSA) is 75.3 Å². The molecule has 1 amide bonds. The Morgan fingerprint density at radius 3 is 2.48 bits per heavy atom. The first kappa shape index (κ1) is 19.4. The Hall–Kier alpha value is -1.96. The first-order valence-corrected chi connectivity index (χ1v) is 9.32. The van der Waals surface area contributed by atoms with Crippen LogP contribution in [0.15, 0.2) is 41.3 Å². The third kappa shape index (κ3) is 4.78. The number of carbonyl (C=O) groups is 1. The van der Waals surface area contributed by atoms with Crippen LogP contribution in [0.4, 0.5) is 10.1 Å². The molecule has 0 aliphatic carbocycles. The lowest BCUT2D eigenvalue weighted by atomic mass is 10.2. The van der Waals surface area contributed by atoms with Crippen molar-refractivity contribution in [3.8, 4) is 0 Å². The molecule has 0 aromatic heterocycles. The Kier molecular flexibility index (Phi) is 5.82. The van der Waals surface area contributed by atoms with E-state index in [9.17, 15) is 17.6 Å². The van der Waals surface area contributed by atoms with Crippen LogP contribution in [0.5, 0.6) is 0 Å². The highest BCUT2D eigenvalue weighted by atomic mass is 35.5. The monoisotopic (exact) mass is 384 g/mol. The maximum absolute atomic E-state index is 13.1. The van der Waals surface area contributed by atoms with Gasteiger partial charge in [-0.05, 0) is 56.2 Å². The van der Waals surface area contributed by atoms with Crippen molar-refractivity contribution in [1.82, 2.24) is 4.72 Å². The van der Waals surface area contributed by atoms with Gasteiger partial charge in [0, 0.05) is 5.69 Å². The van der Waals surface area contributed by atoms with Gasteiger partial charge in [0.05, 0.1) is 16.0 Å². The summed E-state index contributed by atoms with van der Waals surface area (Å²) in [5.74, 6) is -1.19. The molecule has 0 saturated heterocycles. The van der Waals surface area contributed by atoms with Crippen LogP contribution < -0.4 is 10.0 Å². The zero-order valence-corrected chi connectivity index (χ0v) is 15.5. The Balaban J connectivity index is 2.14. The molecule has 1 unspecified atom stereocenters. The molecule has 2 aromatic rings. The normalized spacial score (nSPS) is 12.7. The van der Waals surface area contributed by atoms with Crippen LogP contribution in [0, 0.1) is 19.7 Å². The first-order chi connectivity index (χ1) is 11.6. The van der Waals surface area contributed by atoms with Crippen molar-refractivity contribution >= 4 is 33.2 Å². The van der Waals surface area contributed by atoms with Crippen LogP contribution in [0.1, 0.15) is 18.1 Å². The number of carbonyl (C=O) groups excluding carboxylic acids is 1. The highest BCUT2D eigenvalue weighted by molar-refractivity contribution is 7.89. The van der Waals surface area contributed by atoms with E-state index in [4.69, 9.17) is 11.6 Å². The van der Waals surface area contributed by atoms with E-state index in [2.05, 4.69) is 10.0 Å². The molecule has 8 heteroatoms. The van der Waals surface area contributed by atoms with Gasteiger partial charge in [0.1, 0.15) is 5.82 Å². The number of anilines is 1. The molecular formula is C17H18ClFN2O3S. The van der Waals surface area contributed by atoms with Gasteiger partial charge in [0.15, 0.2) is 0 Å². The molecule has 2 N–H and O–H groups in total. The molecule has 0 radical (unpaired) electrons. The molecule has 25 heavy (non-hydrogen) atoms. The molecule has 5 nitrogen and oxygen atoms in total. The van der Waals surface area contributed by atoms with Crippen molar-refractivity contribution in [3.63, 3.8) is 0 Å². The molecule has 0 aliphatic rings. The Morgan fingerprint density at radius 2 is 1.84 bits per heavy atom. The van der Waals surface area contributed by atoms with Crippen LogP contribution in [0.25, 0.3) is 0 Å². The number of hydrogen-bond acceptors (Lipinski definition) is 3. The fraction of sp³-hybridized carbons (Fsp3) is 0.235. The molecule has 2 aromatic carbocycles.